The molecule has 21 heavy (non-hydrogen) atoms. The number of hydrogen-bond donors (Lipinski definition) is 1. The molecule has 1 N–H and O–H groups in total. The van der Waals surface area contributed by atoms with Gasteiger partial charge in [-0.05, 0) is 25.5 Å². The average molecular weight is 288 g/mol. The number of fused-ring (bicyclic) bond motifs is 3. The first-order valence-corrected chi connectivity index (χ1v) is 8.19. The van der Waals surface area contributed by atoms with Gasteiger partial charge in [-0.3, -0.25) is 4.90 Å². The number of morpholine rings is 1. The number of likely N-dealkylation sites (N-methyl/N-ethyl adjacent to an activating group) is 1. The van der Waals surface area contributed by atoms with Gasteiger partial charge in [-0.25, -0.2) is 0 Å². The number of nitrogens with zero attached hydrogens (tertiary/aromatic N) is 1. The number of likely N-dealkylation sites (tertiary alicyclic amines) is 1. The van der Waals surface area contributed by atoms with E-state index < -0.39 is 0 Å². The first-order chi connectivity index (χ1) is 10.3. The van der Waals surface area contributed by atoms with E-state index in [0.29, 0.717) is 24.3 Å². The molecule has 0 aliphatic carbocycles. The lowest BCUT2D eigenvalue weighted by Gasteiger charge is -2.44. The molecular weight excluding hydrogens is 264 g/mol. The molecule has 0 radical (unpaired) electrons. The third kappa shape index (κ3) is 2.45. The summed E-state index contributed by atoms with van der Waals surface area (Å²) in [7, 11) is 0. The zero-order chi connectivity index (χ0) is 14.2. The third-order valence-corrected chi connectivity index (χ3v) is 5.01. The lowest BCUT2D eigenvalue weighted by molar-refractivity contribution is -0.0667. The molecule has 4 rings (SSSR count). The fourth-order valence-electron chi connectivity index (χ4n) is 4.05. The van der Waals surface area contributed by atoms with Gasteiger partial charge in [0, 0.05) is 18.7 Å². The lowest BCUT2D eigenvalue weighted by atomic mass is 9.94. The number of para-hydroxylation sites is 1. The van der Waals surface area contributed by atoms with Gasteiger partial charge in [0.05, 0.1) is 24.3 Å². The molecule has 4 nitrogen and oxygen atoms in total. The average Bonchev–Trinajstić information content (AvgIpc) is 2.86. The summed E-state index contributed by atoms with van der Waals surface area (Å²) in [4.78, 5) is 2.59. The van der Waals surface area contributed by atoms with Gasteiger partial charge in [-0.15, -0.1) is 0 Å². The van der Waals surface area contributed by atoms with Crippen molar-refractivity contribution in [2.75, 3.05) is 26.2 Å². The first-order valence-electron chi connectivity index (χ1n) is 8.19. The van der Waals surface area contributed by atoms with Crippen LogP contribution in [0.4, 0.5) is 0 Å². The largest absolute Gasteiger partial charge is 0.492 e. The van der Waals surface area contributed by atoms with Crippen LogP contribution in [0.25, 0.3) is 0 Å². The van der Waals surface area contributed by atoms with Gasteiger partial charge in [0.2, 0.25) is 0 Å². The standard InChI is InChI=1S/C17H24N2O2/c1-2-18-17-14-5-3-4-6-16(14)20-11-15(17)19-9-12-7-8-13(10-19)21-12/h3-6,12-13,15,17-18H,2,7-11H2,1H3. The van der Waals surface area contributed by atoms with Crippen molar-refractivity contribution >= 4 is 0 Å². The van der Waals surface area contributed by atoms with Gasteiger partial charge in [0.25, 0.3) is 0 Å². The highest BCUT2D eigenvalue weighted by atomic mass is 16.5. The molecule has 3 aliphatic heterocycles. The Morgan fingerprint density at radius 1 is 1.19 bits per heavy atom. The molecule has 4 heteroatoms. The van der Waals surface area contributed by atoms with Crippen LogP contribution >= 0.6 is 0 Å². The molecule has 2 fully saturated rings. The minimum Gasteiger partial charge on any atom is -0.492 e. The molecule has 0 spiro atoms. The molecule has 0 saturated carbocycles. The van der Waals surface area contributed by atoms with Crippen LogP contribution in [-0.4, -0.2) is 49.4 Å². The van der Waals surface area contributed by atoms with Crippen LogP contribution in [0.15, 0.2) is 24.3 Å². The van der Waals surface area contributed by atoms with E-state index in [1.807, 2.05) is 0 Å². The molecule has 2 saturated heterocycles. The SMILES string of the molecule is CCNC1c2ccccc2OCC1N1CC2CCC(C1)O2. The molecule has 3 heterocycles. The van der Waals surface area contributed by atoms with Crippen LogP contribution in [0.5, 0.6) is 5.75 Å². The third-order valence-electron chi connectivity index (χ3n) is 5.01. The van der Waals surface area contributed by atoms with Crippen LogP contribution in [0.2, 0.25) is 0 Å². The van der Waals surface area contributed by atoms with E-state index in [9.17, 15) is 0 Å². The Labute approximate surface area is 126 Å². The van der Waals surface area contributed by atoms with Gasteiger partial charge < -0.3 is 14.8 Å². The topological polar surface area (TPSA) is 33.7 Å². The summed E-state index contributed by atoms with van der Waals surface area (Å²) in [6, 6.07) is 9.21. The van der Waals surface area contributed by atoms with E-state index in [0.717, 1.165) is 32.0 Å². The number of benzene rings is 1. The quantitative estimate of drug-likeness (QED) is 0.922. The van der Waals surface area contributed by atoms with Gasteiger partial charge in [-0.1, -0.05) is 25.1 Å². The molecule has 4 atom stereocenters. The molecule has 3 aliphatic rings. The fourth-order valence-corrected chi connectivity index (χ4v) is 4.05. The number of hydrogen-bond acceptors (Lipinski definition) is 4. The second kappa shape index (κ2) is 5.59. The molecule has 2 bridgehead atoms. The molecule has 114 valence electrons. The maximum absolute atomic E-state index is 6.03. The summed E-state index contributed by atoms with van der Waals surface area (Å²) in [6.07, 6.45) is 3.31. The van der Waals surface area contributed by atoms with Crippen LogP contribution in [-0.2, 0) is 4.74 Å². The highest BCUT2D eigenvalue weighted by Crippen LogP contribution is 2.36. The fraction of sp³-hybridized carbons (Fsp3) is 0.647. The Morgan fingerprint density at radius 2 is 1.95 bits per heavy atom. The maximum Gasteiger partial charge on any atom is 0.124 e. The van der Waals surface area contributed by atoms with Crippen molar-refractivity contribution < 1.29 is 9.47 Å². The van der Waals surface area contributed by atoms with Crippen molar-refractivity contribution in [1.29, 1.82) is 0 Å². The highest BCUT2D eigenvalue weighted by molar-refractivity contribution is 5.38. The predicted molar refractivity (Wildman–Crippen MR) is 81.6 cm³/mol. The smallest absolute Gasteiger partial charge is 0.124 e. The molecule has 0 amide bonds. The zero-order valence-electron chi connectivity index (χ0n) is 12.6. The Balaban J connectivity index is 1.60. The maximum atomic E-state index is 6.03. The minimum atomic E-state index is 0.359. The van der Waals surface area contributed by atoms with Gasteiger partial charge in [-0.2, -0.15) is 0 Å². The molecule has 1 aromatic carbocycles. The number of nitrogens with one attached hydrogen (secondary N) is 1. The van der Waals surface area contributed by atoms with Gasteiger partial charge in [0.15, 0.2) is 0 Å². The van der Waals surface area contributed by atoms with Gasteiger partial charge >= 0.3 is 0 Å². The van der Waals surface area contributed by atoms with E-state index in [-0.39, 0.29) is 0 Å². The summed E-state index contributed by atoms with van der Waals surface area (Å²) >= 11 is 0. The van der Waals surface area contributed by atoms with Crippen molar-refractivity contribution in [3.8, 4) is 5.75 Å². The van der Waals surface area contributed by atoms with Crippen molar-refractivity contribution in [3.63, 3.8) is 0 Å². The lowest BCUT2D eigenvalue weighted by Crippen LogP contribution is -2.55. The Kier molecular flexibility index (Phi) is 3.61. The zero-order valence-corrected chi connectivity index (χ0v) is 12.6. The van der Waals surface area contributed by atoms with Crippen molar-refractivity contribution in [1.82, 2.24) is 10.2 Å². The van der Waals surface area contributed by atoms with Crippen LogP contribution in [0, 0.1) is 0 Å². The van der Waals surface area contributed by atoms with E-state index in [4.69, 9.17) is 9.47 Å². The van der Waals surface area contributed by atoms with Crippen LogP contribution in [0.1, 0.15) is 31.4 Å². The summed E-state index contributed by atoms with van der Waals surface area (Å²) in [5.41, 5.74) is 1.30. The van der Waals surface area contributed by atoms with E-state index in [1.165, 1.54) is 18.4 Å². The second-order valence-electron chi connectivity index (χ2n) is 6.36. The first kappa shape index (κ1) is 13.6. The van der Waals surface area contributed by atoms with Gasteiger partial charge in [0.1, 0.15) is 12.4 Å². The monoisotopic (exact) mass is 288 g/mol. The van der Waals surface area contributed by atoms with Crippen molar-refractivity contribution in [2.24, 2.45) is 0 Å². The summed E-state index contributed by atoms with van der Waals surface area (Å²) in [5.74, 6) is 1.04. The summed E-state index contributed by atoms with van der Waals surface area (Å²) in [5, 5.41) is 3.68. The number of rotatable bonds is 3. The van der Waals surface area contributed by atoms with Crippen molar-refractivity contribution in [2.45, 2.75) is 44.1 Å². The van der Waals surface area contributed by atoms with Crippen molar-refractivity contribution in [3.05, 3.63) is 29.8 Å². The Morgan fingerprint density at radius 3 is 2.71 bits per heavy atom. The second-order valence-corrected chi connectivity index (χ2v) is 6.36. The Hall–Kier alpha value is -1.10. The molecular formula is C17H24N2O2. The van der Waals surface area contributed by atoms with E-state index in [2.05, 4.69) is 41.4 Å². The van der Waals surface area contributed by atoms with Crippen LogP contribution in [0.3, 0.4) is 0 Å². The highest BCUT2D eigenvalue weighted by Gasteiger charge is 2.41. The molecule has 0 aromatic heterocycles. The molecule has 1 aromatic rings. The Bertz CT molecular complexity index is 495. The summed E-state index contributed by atoms with van der Waals surface area (Å²) < 4.78 is 12.0. The summed E-state index contributed by atoms with van der Waals surface area (Å²) in [6.45, 7) is 6.03. The van der Waals surface area contributed by atoms with E-state index >= 15 is 0 Å². The normalized spacial score (nSPS) is 35.3. The van der Waals surface area contributed by atoms with Crippen LogP contribution < -0.4 is 10.1 Å². The minimum absolute atomic E-state index is 0.359. The number of ether oxygens (including phenoxy) is 2. The molecule has 4 unspecified atom stereocenters. The van der Waals surface area contributed by atoms with E-state index in [1.54, 1.807) is 0 Å². The predicted octanol–water partition coefficient (Wildman–Crippen LogP) is 1.96.